The summed E-state index contributed by atoms with van der Waals surface area (Å²) >= 11 is 0. The summed E-state index contributed by atoms with van der Waals surface area (Å²) in [7, 11) is 0. The largest absolute Gasteiger partial charge is 0.287 e. The summed E-state index contributed by atoms with van der Waals surface area (Å²) in [6.07, 6.45) is 1.50. The van der Waals surface area contributed by atoms with Gasteiger partial charge in [-0.1, -0.05) is 47.2 Å². The molecule has 0 radical (unpaired) electrons. The molecule has 3 rings (SSSR count). The number of carbonyl (C=O) groups is 1. The molecule has 0 unspecified atom stereocenters. The Kier molecular flexibility index (Phi) is 3.13. The van der Waals surface area contributed by atoms with Gasteiger partial charge in [0.1, 0.15) is 5.69 Å². The SMILES string of the molecule is Cc1cccc(C(=O)c2cnnn2-c2ccccc2)c1. The Morgan fingerprint density at radius 2 is 1.85 bits per heavy atom. The van der Waals surface area contributed by atoms with E-state index in [2.05, 4.69) is 10.3 Å². The van der Waals surface area contributed by atoms with E-state index in [1.807, 2.05) is 55.5 Å². The van der Waals surface area contributed by atoms with Crippen LogP contribution in [0.5, 0.6) is 0 Å². The third-order valence-electron chi connectivity index (χ3n) is 3.06. The lowest BCUT2D eigenvalue weighted by Gasteiger charge is -2.05. The molecule has 0 aliphatic heterocycles. The molecule has 1 heterocycles. The van der Waals surface area contributed by atoms with Crippen molar-refractivity contribution in [2.75, 3.05) is 0 Å². The minimum atomic E-state index is -0.0810. The van der Waals surface area contributed by atoms with Crippen molar-refractivity contribution in [3.05, 3.63) is 77.6 Å². The van der Waals surface area contributed by atoms with Gasteiger partial charge < -0.3 is 0 Å². The highest BCUT2D eigenvalue weighted by molar-refractivity contribution is 6.08. The number of benzene rings is 2. The van der Waals surface area contributed by atoms with Crippen LogP contribution in [0.25, 0.3) is 5.69 Å². The van der Waals surface area contributed by atoms with E-state index in [-0.39, 0.29) is 5.78 Å². The summed E-state index contributed by atoms with van der Waals surface area (Å²) in [6, 6.07) is 17.0. The van der Waals surface area contributed by atoms with Crippen molar-refractivity contribution in [3.63, 3.8) is 0 Å². The quantitative estimate of drug-likeness (QED) is 0.683. The van der Waals surface area contributed by atoms with Crippen molar-refractivity contribution < 1.29 is 4.79 Å². The third-order valence-corrected chi connectivity index (χ3v) is 3.06. The maximum Gasteiger partial charge on any atom is 0.213 e. The first-order chi connectivity index (χ1) is 9.75. The molecule has 20 heavy (non-hydrogen) atoms. The Balaban J connectivity index is 2.04. The second kappa shape index (κ2) is 5.09. The second-order valence-electron chi connectivity index (χ2n) is 4.57. The van der Waals surface area contributed by atoms with Gasteiger partial charge in [-0.25, -0.2) is 4.68 Å². The molecule has 0 N–H and O–H groups in total. The van der Waals surface area contributed by atoms with E-state index in [1.165, 1.54) is 6.20 Å². The number of rotatable bonds is 3. The van der Waals surface area contributed by atoms with E-state index >= 15 is 0 Å². The van der Waals surface area contributed by atoms with E-state index in [0.717, 1.165) is 11.3 Å². The Morgan fingerprint density at radius 3 is 2.60 bits per heavy atom. The molecular weight excluding hydrogens is 250 g/mol. The highest BCUT2D eigenvalue weighted by Crippen LogP contribution is 2.14. The third kappa shape index (κ3) is 2.23. The second-order valence-corrected chi connectivity index (χ2v) is 4.57. The van der Waals surface area contributed by atoms with E-state index < -0.39 is 0 Å². The first kappa shape index (κ1) is 12.3. The van der Waals surface area contributed by atoms with E-state index in [9.17, 15) is 4.79 Å². The summed E-state index contributed by atoms with van der Waals surface area (Å²) in [5.41, 5.74) is 2.97. The zero-order chi connectivity index (χ0) is 13.9. The lowest BCUT2D eigenvalue weighted by atomic mass is 10.1. The summed E-state index contributed by atoms with van der Waals surface area (Å²) < 4.78 is 1.56. The molecule has 1 aromatic heterocycles. The monoisotopic (exact) mass is 263 g/mol. The number of ketones is 1. The molecule has 0 aliphatic carbocycles. The van der Waals surface area contributed by atoms with Crippen molar-refractivity contribution in [2.45, 2.75) is 6.92 Å². The number of hydrogen-bond donors (Lipinski definition) is 0. The van der Waals surface area contributed by atoms with Gasteiger partial charge in [-0.05, 0) is 25.1 Å². The molecule has 98 valence electrons. The number of nitrogens with zero attached hydrogens (tertiary/aromatic N) is 3. The van der Waals surface area contributed by atoms with Gasteiger partial charge in [0, 0.05) is 5.56 Å². The van der Waals surface area contributed by atoms with Gasteiger partial charge in [0.25, 0.3) is 0 Å². The van der Waals surface area contributed by atoms with Crippen LogP contribution in [-0.2, 0) is 0 Å². The average molecular weight is 263 g/mol. The molecule has 2 aromatic carbocycles. The molecular formula is C16H13N3O. The molecule has 0 bridgehead atoms. The van der Waals surface area contributed by atoms with E-state index in [0.29, 0.717) is 11.3 Å². The highest BCUT2D eigenvalue weighted by Gasteiger charge is 2.16. The molecule has 0 saturated carbocycles. The van der Waals surface area contributed by atoms with Crippen molar-refractivity contribution >= 4 is 5.78 Å². The number of carbonyl (C=O) groups excluding carboxylic acids is 1. The first-order valence-electron chi connectivity index (χ1n) is 6.33. The molecule has 0 amide bonds. The molecule has 0 aliphatic rings. The number of aryl methyl sites for hydroxylation is 1. The average Bonchev–Trinajstić information content (AvgIpc) is 2.97. The van der Waals surface area contributed by atoms with Crippen LogP contribution in [0, 0.1) is 6.92 Å². The van der Waals surface area contributed by atoms with Crippen LogP contribution in [0.15, 0.2) is 60.8 Å². The predicted octanol–water partition coefficient (Wildman–Crippen LogP) is 2.81. The highest BCUT2D eigenvalue weighted by atomic mass is 16.1. The molecule has 3 aromatic rings. The van der Waals surface area contributed by atoms with Gasteiger partial charge in [0.15, 0.2) is 0 Å². The van der Waals surface area contributed by atoms with E-state index in [1.54, 1.807) is 10.7 Å². The van der Waals surface area contributed by atoms with Gasteiger partial charge in [-0.15, -0.1) is 5.10 Å². The number of aromatic nitrogens is 3. The van der Waals surface area contributed by atoms with Gasteiger partial charge in [0.05, 0.1) is 11.9 Å². The van der Waals surface area contributed by atoms with Crippen molar-refractivity contribution in [1.82, 2.24) is 15.0 Å². The molecule has 0 fully saturated rings. The van der Waals surface area contributed by atoms with Crippen molar-refractivity contribution in [1.29, 1.82) is 0 Å². The predicted molar refractivity (Wildman–Crippen MR) is 76.0 cm³/mol. The van der Waals surface area contributed by atoms with Crippen LogP contribution >= 0.6 is 0 Å². The summed E-state index contributed by atoms with van der Waals surface area (Å²) in [5, 5.41) is 7.86. The maximum absolute atomic E-state index is 12.6. The zero-order valence-corrected chi connectivity index (χ0v) is 11.0. The fraction of sp³-hybridized carbons (Fsp3) is 0.0625. The van der Waals surface area contributed by atoms with Crippen LogP contribution in [-0.4, -0.2) is 20.8 Å². The molecule has 4 heteroatoms. The summed E-state index contributed by atoms with van der Waals surface area (Å²) in [4.78, 5) is 12.6. The lowest BCUT2D eigenvalue weighted by Crippen LogP contribution is -2.10. The van der Waals surface area contributed by atoms with Gasteiger partial charge in [-0.2, -0.15) is 0 Å². The first-order valence-corrected chi connectivity index (χ1v) is 6.33. The summed E-state index contributed by atoms with van der Waals surface area (Å²) in [5.74, 6) is -0.0810. The van der Waals surface area contributed by atoms with Crippen LogP contribution in [0.1, 0.15) is 21.6 Å². The molecule has 0 atom stereocenters. The number of hydrogen-bond acceptors (Lipinski definition) is 3. The molecule has 4 nitrogen and oxygen atoms in total. The van der Waals surface area contributed by atoms with Gasteiger partial charge in [-0.3, -0.25) is 4.79 Å². The van der Waals surface area contributed by atoms with Gasteiger partial charge in [0.2, 0.25) is 5.78 Å². The lowest BCUT2D eigenvalue weighted by molar-refractivity contribution is 0.103. The smallest absolute Gasteiger partial charge is 0.213 e. The Hall–Kier alpha value is -2.75. The van der Waals surface area contributed by atoms with Crippen LogP contribution in [0.4, 0.5) is 0 Å². The minimum absolute atomic E-state index is 0.0810. The van der Waals surface area contributed by atoms with Crippen molar-refractivity contribution in [3.8, 4) is 5.69 Å². The molecule has 0 spiro atoms. The topological polar surface area (TPSA) is 47.8 Å². The summed E-state index contributed by atoms with van der Waals surface area (Å²) in [6.45, 7) is 1.96. The van der Waals surface area contributed by atoms with E-state index in [4.69, 9.17) is 0 Å². The fourth-order valence-corrected chi connectivity index (χ4v) is 2.08. The standard InChI is InChI=1S/C16H13N3O/c1-12-6-5-7-13(10-12)16(20)15-11-17-18-19(15)14-8-3-2-4-9-14/h2-11H,1H3. The fourth-order valence-electron chi connectivity index (χ4n) is 2.08. The normalized spacial score (nSPS) is 10.4. The van der Waals surface area contributed by atoms with Crippen LogP contribution < -0.4 is 0 Å². The van der Waals surface area contributed by atoms with Crippen LogP contribution in [0.2, 0.25) is 0 Å². The molecule has 0 saturated heterocycles. The Morgan fingerprint density at radius 1 is 1.05 bits per heavy atom. The minimum Gasteiger partial charge on any atom is -0.287 e. The van der Waals surface area contributed by atoms with Gasteiger partial charge >= 0.3 is 0 Å². The van der Waals surface area contributed by atoms with Crippen LogP contribution in [0.3, 0.4) is 0 Å². The Labute approximate surface area is 116 Å². The number of para-hydroxylation sites is 1. The Bertz CT molecular complexity index is 747. The zero-order valence-electron chi connectivity index (χ0n) is 11.0. The van der Waals surface area contributed by atoms with Crippen molar-refractivity contribution in [2.24, 2.45) is 0 Å². The maximum atomic E-state index is 12.6.